The highest BCUT2D eigenvalue weighted by Crippen LogP contribution is 2.30. The summed E-state index contributed by atoms with van der Waals surface area (Å²) in [6, 6.07) is 11.8. The normalized spacial score (nSPS) is 16.6. The third kappa shape index (κ3) is 4.33. The number of amides is 2. The van der Waals surface area contributed by atoms with Gasteiger partial charge in [-0.1, -0.05) is 6.07 Å². The van der Waals surface area contributed by atoms with Crippen molar-refractivity contribution in [2.75, 3.05) is 49.6 Å². The Morgan fingerprint density at radius 1 is 1.14 bits per heavy atom. The Balaban J connectivity index is 1.64. The fourth-order valence-electron chi connectivity index (χ4n) is 3.82. The molecule has 0 bridgehead atoms. The summed E-state index contributed by atoms with van der Waals surface area (Å²) in [5.74, 6) is 0.785. The fraction of sp³-hybridized carbons (Fsp3) is 0.409. The standard InChI is InChI=1S/C22H25N5O2/c1-16-4-5-18(25-22(28)27-6-2-3-7-27)14-20(16)17-12-19(15-23)24-21(13-17)26-8-10-29-11-9-26/h4-5,12-14H,2-3,6-11H2,1H3,(H,25,28). The van der Waals surface area contributed by atoms with Gasteiger partial charge in [0.05, 0.1) is 13.2 Å². The SMILES string of the molecule is Cc1ccc(NC(=O)N2CCCC2)cc1-c1cc(C#N)nc(N2CCOCC2)c1. The molecule has 0 saturated carbocycles. The summed E-state index contributed by atoms with van der Waals surface area (Å²) < 4.78 is 5.43. The van der Waals surface area contributed by atoms with E-state index in [9.17, 15) is 10.1 Å². The summed E-state index contributed by atoms with van der Waals surface area (Å²) in [6.45, 7) is 6.48. The summed E-state index contributed by atoms with van der Waals surface area (Å²) >= 11 is 0. The lowest BCUT2D eigenvalue weighted by Gasteiger charge is -2.28. The predicted molar refractivity (Wildman–Crippen MR) is 112 cm³/mol. The van der Waals surface area contributed by atoms with Gasteiger partial charge in [-0.15, -0.1) is 0 Å². The third-order valence-electron chi connectivity index (χ3n) is 5.45. The molecule has 0 radical (unpaired) electrons. The van der Waals surface area contributed by atoms with Crippen LogP contribution in [0.25, 0.3) is 11.1 Å². The summed E-state index contributed by atoms with van der Waals surface area (Å²) in [7, 11) is 0. The largest absolute Gasteiger partial charge is 0.378 e. The Hall–Kier alpha value is -3.11. The number of nitrogens with zero attached hydrogens (tertiary/aromatic N) is 4. The first-order valence-corrected chi connectivity index (χ1v) is 10.1. The number of aryl methyl sites for hydroxylation is 1. The molecule has 2 aromatic rings. The maximum absolute atomic E-state index is 12.5. The number of hydrogen-bond acceptors (Lipinski definition) is 5. The van der Waals surface area contributed by atoms with Gasteiger partial charge in [0.1, 0.15) is 17.6 Å². The molecule has 7 heteroatoms. The minimum absolute atomic E-state index is 0.0567. The molecule has 2 aliphatic rings. The van der Waals surface area contributed by atoms with Crippen LogP contribution >= 0.6 is 0 Å². The van der Waals surface area contributed by atoms with E-state index in [0.29, 0.717) is 18.9 Å². The highest BCUT2D eigenvalue weighted by atomic mass is 16.5. The van der Waals surface area contributed by atoms with Crippen molar-refractivity contribution in [1.29, 1.82) is 5.26 Å². The van der Waals surface area contributed by atoms with E-state index in [1.54, 1.807) is 6.07 Å². The van der Waals surface area contributed by atoms with Gasteiger partial charge in [-0.25, -0.2) is 9.78 Å². The molecule has 29 heavy (non-hydrogen) atoms. The van der Waals surface area contributed by atoms with E-state index in [-0.39, 0.29) is 6.03 Å². The van der Waals surface area contributed by atoms with Crippen molar-refractivity contribution in [3.05, 3.63) is 41.6 Å². The Morgan fingerprint density at radius 2 is 1.90 bits per heavy atom. The smallest absolute Gasteiger partial charge is 0.321 e. The van der Waals surface area contributed by atoms with Crippen molar-refractivity contribution in [2.45, 2.75) is 19.8 Å². The van der Waals surface area contributed by atoms with Crippen molar-refractivity contribution in [3.8, 4) is 17.2 Å². The number of morpholine rings is 1. The second-order valence-electron chi connectivity index (χ2n) is 7.46. The number of rotatable bonds is 3. The summed E-state index contributed by atoms with van der Waals surface area (Å²) in [5.41, 5.74) is 4.12. The van der Waals surface area contributed by atoms with Gasteiger partial charge in [-0.2, -0.15) is 5.26 Å². The molecule has 0 aliphatic carbocycles. The molecule has 1 aromatic heterocycles. The number of benzene rings is 1. The van der Waals surface area contributed by atoms with E-state index in [0.717, 1.165) is 67.2 Å². The van der Waals surface area contributed by atoms with Gasteiger partial charge in [0.15, 0.2) is 0 Å². The molecule has 3 heterocycles. The second kappa shape index (κ2) is 8.50. The van der Waals surface area contributed by atoms with Crippen molar-refractivity contribution < 1.29 is 9.53 Å². The monoisotopic (exact) mass is 391 g/mol. The highest BCUT2D eigenvalue weighted by Gasteiger charge is 2.19. The zero-order valence-electron chi connectivity index (χ0n) is 16.6. The third-order valence-corrected chi connectivity index (χ3v) is 5.45. The Bertz CT molecular complexity index is 941. The molecule has 2 amide bonds. The quantitative estimate of drug-likeness (QED) is 0.867. The summed E-state index contributed by atoms with van der Waals surface area (Å²) in [6.07, 6.45) is 2.12. The number of anilines is 2. The van der Waals surface area contributed by atoms with E-state index in [1.807, 2.05) is 36.1 Å². The van der Waals surface area contributed by atoms with Gasteiger partial charge < -0.3 is 19.9 Å². The Kier molecular flexibility index (Phi) is 5.63. The van der Waals surface area contributed by atoms with E-state index in [1.165, 1.54) is 0 Å². The number of ether oxygens (including phenoxy) is 1. The summed E-state index contributed by atoms with van der Waals surface area (Å²) in [4.78, 5) is 20.9. The van der Waals surface area contributed by atoms with Gasteiger partial charge in [-0.3, -0.25) is 0 Å². The average molecular weight is 391 g/mol. The van der Waals surface area contributed by atoms with Crippen LogP contribution in [0.2, 0.25) is 0 Å². The molecular weight excluding hydrogens is 366 g/mol. The minimum Gasteiger partial charge on any atom is -0.378 e. The summed E-state index contributed by atoms with van der Waals surface area (Å²) in [5, 5.41) is 12.5. The van der Waals surface area contributed by atoms with Crippen molar-refractivity contribution in [1.82, 2.24) is 9.88 Å². The molecule has 150 valence electrons. The van der Waals surface area contributed by atoms with E-state index in [4.69, 9.17) is 4.74 Å². The molecule has 2 saturated heterocycles. The second-order valence-corrected chi connectivity index (χ2v) is 7.46. The molecular formula is C22H25N5O2. The van der Waals surface area contributed by atoms with E-state index in [2.05, 4.69) is 21.3 Å². The van der Waals surface area contributed by atoms with Crippen molar-refractivity contribution >= 4 is 17.5 Å². The average Bonchev–Trinajstić information content (AvgIpc) is 3.30. The van der Waals surface area contributed by atoms with Crippen LogP contribution in [0.5, 0.6) is 0 Å². The van der Waals surface area contributed by atoms with Gasteiger partial charge in [0.25, 0.3) is 0 Å². The van der Waals surface area contributed by atoms with Gasteiger partial charge in [0.2, 0.25) is 0 Å². The van der Waals surface area contributed by atoms with Crippen LogP contribution in [0, 0.1) is 18.3 Å². The molecule has 2 fully saturated rings. The lowest BCUT2D eigenvalue weighted by Crippen LogP contribution is -2.36. The predicted octanol–water partition coefficient (Wildman–Crippen LogP) is 3.39. The molecule has 4 rings (SSSR count). The number of pyridine rings is 1. The lowest BCUT2D eigenvalue weighted by atomic mass is 9.99. The molecule has 0 atom stereocenters. The first-order chi connectivity index (χ1) is 14.1. The highest BCUT2D eigenvalue weighted by molar-refractivity contribution is 5.90. The molecule has 7 nitrogen and oxygen atoms in total. The lowest BCUT2D eigenvalue weighted by molar-refractivity contribution is 0.122. The van der Waals surface area contributed by atoms with Crippen LogP contribution in [0.1, 0.15) is 24.1 Å². The number of likely N-dealkylation sites (tertiary alicyclic amines) is 1. The van der Waals surface area contributed by atoms with E-state index >= 15 is 0 Å². The zero-order chi connectivity index (χ0) is 20.2. The van der Waals surface area contributed by atoms with Crippen LogP contribution in [-0.2, 0) is 4.74 Å². The van der Waals surface area contributed by atoms with Crippen molar-refractivity contribution in [3.63, 3.8) is 0 Å². The molecule has 1 N–H and O–H groups in total. The number of nitriles is 1. The van der Waals surface area contributed by atoms with Gasteiger partial charge in [-0.05, 0) is 60.7 Å². The van der Waals surface area contributed by atoms with Gasteiger partial charge >= 0.3 is 6.03 Å². The maximum Gasteiger partial charge on any atom is 0.321 e. The number of aromatic nitrogens is 1. The molecule has 0 spiro atoms. The minimum atomic E-state index is -0.0567. The number of urea groups is 1. The maximum atomic E-state index is 12.5. The number of carbonyl (C=O) groups excluding carboxylic acids is 1. The van der Waals surface area contributed by atoms with Crippen LogP contribution in [-0.4, -0.2) is 55.3 Å². The molecule has 0 unspecified atom stereocenters. The topological polar surface area (TPSA) is 81.5 Å². The van der Waals surface area contributed by atoms with Crippen LogP contribution in [0.15, 0.2) is 30.3 Å². The molecule has 2 aliphatic heterocycles. The first-order valence-electron chi connectivity index (χ1n) is 10.1. The number of nitrogens with one attached hydrogen (secondary N) is 1. The van der Waals surface area contributed by atoms with Crippen LogP contribution in [0.3, 0.4) is 0 Å². The zero-order valence-corrected chi connectivity index (χ0v) is 16.6. The molecule has 1 aromatic carbocycles. The van der Waals surface area contributed by atoms with Gasteiger partial charge in [0, 0.05) is 31.9 Å². The number of hydrogen-bond donors (Lipinski definition) is 1. The number of carbonyl (C=O) groups is 1. The van der Waals surface area contributed by atoms with Crippen LogP contribution < -0.4 is 10.2 Å². The van der Waals surface area contributed by atoms with E-state index < -0.39 is 0 Å². The Labute approximate surface area is 170 Å². The first kappa shape index (κ1) is 19.2. The van der Waals surface area contributed by atoms with Crippen LogP contribution in [0.4, 0.5) is 16.3 Å². The van der Waals surface area contributed by atoms with Crippen molar-refractivity contribution in [2.24, 2.45) is 0 Å². The Morgan fingerprint density at radius 3 is 2.62 bits per heavy atom. The fourth-order valence-corrected chi connectivity index (χ4v) is 3.82.